The predicted molar refractivity (Wildman–Crippen MR) is 128 cm³/mol. The van der Waals surface area contributed by atoms with Crippen LogP contribution < -0.4 is 5.32 Å². The van der Waals surface area contributed by atoms with Crippen LogP contribution in [0.1, 0.15) is 43.1 Å². The Hall–Kier alpha value is -2.38. The van der Waals surface area contributed by atoms with Gasteiger partial charge in [-0.1, -0.05) is 38.1 Å². The first-order valence-corrected chi connectivity index (χ1v) is 11.9. The van der Waals surface area contributed by atoms with Crippen LogP contribution in [0.2, 0.25) is 0 Å². The van der Waals surface area contributed by atoms with Crippen molar-refractivity contribution in [2.45, 2.75) is 39.5 Å². The highest BCUT2D eigenvalue weighted by Gasteiger charge is 2.25. The van der Waals surface area contributed by atoms with Gasteiger partial charge in [-0.3, -0.25) is 14.6 Å². The fourth-order valence-corrected chi connectivity index (χ4v) is 5.10. The number of benzene rings is 1. The number of piperidine rings is 1. The molecule has 0 bridgehead atoms. The van der Waals surface area contributed by atoms with E-state index in [1.54, 1.807) is 0 Å². The van der Waals surface area contributed by atoms with Gasteiger partial charge in [-0.25, -0.2) is 0 Å². The molecule has 0 aliphatic carbocycles. The Labute approximate surface area is 192 Å². The van der Waals surface area contributed by atoms with E-state index in [-0.39, 0.29) is 6.10 Å². The van der Waals surface area contributed by atoms with Crippen LogP contribution in [0.15, 0.2) is 41.7 Å². The molecule has 1 aromatic heterocycles. The molecule has 2 fully saturated rings. The van der Waals surface area contributed by atoms with E-state index in [0.717, 1.165) is 49.5 Å². The lowest BCUT2D eigenvalue weighted by Crippen LogP contribution is -2.47. The molecule has 0 amide bonds. The molecule has 7 heteroatoms. The van der Waals surface area contributed by atoms with Gasteiger partial charge in [-0.15, -0.1) is 0 Å². The van der Waals surface area contributed by atoms with Crippen molar-refractivity contribution >= 4 is 5.96 Å². The Morgan fingerprint density at radius 3 is 2.50 bits per heavy atom. The SMILES string of the molecule is CN=C(NCc1ccc(CN2CC(C)CC(C)C2)cc1)N1CCOC(c2cnn(C)c2)C1. The van der Waals surface area contributed by atoms with Crippen LogP contribution in [0.25, 0.3) is 0 Å². The molecule has 7 nitrogen and oxygen atoms in total. The lowest BCUT2D eigenvalue weighted by Gasteiger charge is -2.35. The van der Waals surface area contributed by atoms with Gasteiger partial charge in [0, 0.05) is 58.6 Å². The number of morpholine rings is 1. The lowest BCUT2D eigenvalue weighted by molar-refractivity contribution is -0.00805. The molecule has 3 heterocycles. The van der Waals surface area contributed by atoms with E-state index >= 15 is 0 Å². The van der Waals surface area contributed by atoms with Crippen LogP contribution in [0.5, 0.6) is 0 Å². The molecular formula is C25H38N6O. The molecular weight excluding hydrogens is 400 g/mol. The third-order valence-corrected chi connectivity index (χ3v) is 6.50. The van der Waals surface area contributed by atoms with Gasteiger partial charge in [-0.05, 0) is 29.4 Å². The number of aromatic nitrogens is 2. The quantitative estimate of drug-likeness (QED) is 0.574. The first kappa shape index (κ1) is 22.8. The van der Waals surface area contributed by atoms with Crippen LogP contribution in [0.4, 0.5) is 0 Å². The summed E-state index contributed by atoms with van der Waals surface area (Å²) in [6.07, 6.45) is 5.29. The zero-order chi connectivity index (χ0) is 22.5. The number of nitrogens with zero attached hydrogens (tertiary/aromatic N) is 5. The molecule has 2 saturated heterocycles. The van der Waals surface area contributed by atoms with E-state index in [9.17, 15) is 0 Å². The number of hydrogen-bond donors (Lipinski definition) is 1. The normalized spacial score (nSPS) is 25.2. The minimum Gasteiger partial charge on any atom is -0.370 e. The fourth-order valence-electron chi connectivity index (χ4n) is 5.10. The van der Waals surface area contributed by atoms with E-state index in [1.807, 2.05) is 31.2 Å². The molecule has 1 aromatic carbocycles. The van der Waals surface area contributed by atoms with Gasteiger partial charge in [0.25, 0.3) is 0 Å². The number of rotatable bonds is 5. The number of guanidine groups is 1. The van der Waals surface area contributed by atoms with Gasteiger partial charge in [0.15, 0.2) is 5.96 Å². The molecule has 2 aliphatic heterocycles. The minimum absolute atomic E-state index is 0.0236. The summed E-state index contributed by atoms with van der Waals surface area (Å²) in [5.41, 5.74) is 3.78. The average molecular weight is 439 g/mol. The predicted octanol–water partition coefficient (Wildman–Crippen LogP) is 3.05. The number of nitrogens with one attached hydrogen (secondary N) is 1. The van der Waals surface area contributed by atoms with Crippen LogP contribution in [0.3, 0.4) is 0 Å². The van der Waals surface area contributed by atoms with Crippen molar-refractivity contribution < 1.29 is 4.74 Å². The van der Waals surface area contributed by atoms with Crippen molar-refractivity contribution in [3.05, 3.63) is 53.3 Å². The van der Waals surface area contributed by atoms with Gasteiger partial charge in [-0.2, -0.15) is 5.10 Å². The monoisotopic (exact) mass is 438 g/mol. The summed E-state index contributed by atoms with van der Waals surface area (Å²) in [7, 11) is 3.78. The van der Waals surface area contributed by atoms with Crippen molar-refractivity contribution in [3.63, 3.8) is 0 Å². The summed E-state index contributed by atoms with van der Waals surface area (Å²) in [5.74, 6) is 2.52. The number of ether oxygens (including phenoxy) is 1. The van der Waals surface area contributed by atoms with Crippen LogP contribution in [0, 0.1) is 11.8 Å². The second-order valence-corrected chi connectivity index (χ2v) is 9.61. The summed E-state index contributed by atoms with van der Waals surface area (Å²) in [5, 5.41) is 7.81. The number of likely N-dealkylation sites (tertiary alicyclic amines) is 1. The van der Waals surface area contributed by atoms with E-state index < -0.39 is 0 Å². The smallest absolute Gasteiger partial charge is 0.194 e. The van der Waals surface area contributed by atoms with Gasteiger partial charge in [0.05, 0.1) is 19.3 Å². The van der Waals surface area contributed by atoms with Crippen molar-refractivity contribution in [2.24, 2.45) is 23.9 Å². The van der Waals surface area contributed by atoms with E-state index in [1.165, 1.54) is 30.6 Å². The third-order valence-electron chi connectivity index (χ3n) is 6.50. The topological polar surface area (TPSA) is 57.9 Å². The molecule has 2 aliphatic rings. The van der Waals surface area contributed by atoms with Gasteiger partial charge in [0.2, 0.25) is 0 Å². The van der Waals surface area contributed by atoms with Crippen molar-refractivity contribution in [1.82, 2.24) is 24.9 Å². The van der Waals surface area contributed by atoms with Crippen LogP contribution >= 0.6 is 0 Å². The Kier molecular flexibility index (Phi) is 7.48. The summed E-state index contributed by atoms with van der Waals surface area (Å²) < 4.78 is 7.79. The number of aliphatic imine (C=N–C) groups is 1. The lowest BCUT2D eigenvalue weighted by atomic mass is 9.91. The Balaban J connectivity index is 1.29. The first-order chi connectivity index (χ1) is 15.5. The highest BCUT2D eigenvalue weighted by molar-refractivity contribution is 5.80. The van der Waals surface area contributed by atoms with Gasteiger partial charge < -0.3 is 15.0 Å². The maximum Gasteiger partial charge on any atom is 0.194 e. The summed E-state index contributed by atoms with van der Waals surface area (Å²) in [6.45, 7) is 11.3. The van der Waals surface area contributed by atoms with E-state index in [2.05, 4.69) is 63.3 Å². The maximum atomic E-state index is 5.97. The number of aryl methyl sites for hydroxylation is 1. The molecule has 32 heavy (non-hydrogen) atoms. The highest BCUT2D eigenvalue weighted by Crippen LogP contribution is 2.23. The Bertz CT molecular complexity index is 882. The minimum atomic E-state index is 0.0236. The van der Waals surface area contributed by atoms with Crippen molar-refractivity contribution in [3.8, 4) is 0 Å². The van der Waals surface area contributed by atoms with Crippen molar-refractivity contribution in [2.75, 3.05) is 39.8 Å². The van der Waals surface area contributed by atoms with Crippen molar-refractivity contribution in [1.29, 1.82) is 0 Å². The molecule has 3 atom stereocenters. The molecule has 0 spiro atoms. The molecule has 1 N–H and O–H groups in total. The summed E-state index contributed by atoms with van der Waals surface area (Å²) in [6, 6.07) is 9.03. The first-order valence-electron chi connectivity index (χ1n) is 11.9. The number of hydrogen-bond acceptors (Lipinski definition) is 4. The summed E-state index contributed by atoms with van der Waals surface area (Å²) >= 11 is 0. The molecule has 174 valence electrons. The van der Waals surface area contributed by atoms with E-state index in [4.69, 9.17) is 4.74 Å². The Morgan fingerprint density at radius 1 is 1.12 bits per heavy atom. The van der Waals surface area contributed by atoms with Crippen LogP contribution in [-0.2, 0) is 24.9 Å². The Morgan fingerprint density at radius 2 is 1.84 bits per heavy atom. The fraction of sp³-hybridized carbons (Fsp3) is 0.600. The second-order valence-electron chi connectivity index (χ2n) is 9.61. The highest BCUT2D eigenvalue weighted by atomic mass is 16.5. The zero-order valence-corrected chi connectivity index (χ0v) is 20.0. The van der Waals surface area contributed by atoms with Crippen LogP contribution in [-0.4, -0.2) is 65.4 Å². The average Bonchev–Trinajstić information content (AvgIpc) is 3.21. The molecule has 0 radical (unpaired) electrons. The van der Waals surface area contributed by atoms with E-state index in [0.29, 0.717) is 6.61 Å². The van der Waals surface area contributed by atoms with Gasteiger partial charge >= 0.3 is 0 Å². The molecule has 3 unspecified atom stereocenters. The van der Waals surface area contributed by atoms with Gasteiger partial charge in [0.1, 0.15) is 6.10 Å². The largest absolute Gasteiger partial charge is 0.370 e. The second kappa shape index (κ2) is 10.5. The zero-order valence-electron chi connectivity index (χ0n) is 20.0. The molecule has 4 rings (SSSR count). The summed E-state index contributed by atoms with van der Waals surface area (Å²) in [4.78, 5) is 9.39. The molecule has 2 aromatic rings. The standard InChI is InChI=1S/C25H38N6O/c1-19-11-20(2)15-30(14-19)16-22-7-5-21(6-8-22)12-27-25(26-3)31-9-10-32-24(18-31)23-13-28-29(4)17-23/h5-8,13,17,19-20,24H,9-12,14-16,18H2,1-4H3,(H,26,27). The maximum absolute atomic E-state index is 5.97. The molecule has 0 saturated carbocycles. The third kappa shape index (κ3) is 5.90.